The Morgan fingerprint density at radius 2 is 1.88 bits per heavy atom. The van der Waals surface area contributed by atoms with E-state index in [1.54, 1.807) is 7.05 Å². The Hall–Kier alpha value is -2.24. The van der Waals surface area contributed by atoms with Crippen molar-refractivity contribution in [3.63, 3.8) is 0 Å². The summed E-state index contributed by atoms with van der Waals surface area (Å²) in [5.74, 6) is 0.848. The first-order valence-corrected chi connectivity index (χ1v) is 8.70. The van der Waals surface area contributed by atoms with Crippen molar-refractivity contribution in [1.29, 1.82) is 0 Å². The summed E-state index contributed by atoms with van der Waals surface area (Å²) in [6.45, 7) is 4.56. The first kappa shape index (κ1) is 18.1. The van der Waals surface area contributed by atoms with Crippen LogP contribution >= 0.6 is 0 Å². The van der Waals surface area contributed by atoms with Crippen LogP contribution in [0, 0.1) is 0 Å². The minimum atomic E-state index is -0.183. The Labute approximate surface area is 144 Å². The van der Waals surface area contributed by atoms with E-state index in [4.69, 9.17) is 0 Å². The molecule has 4 N–H and O–H groups in total. The van der Waals surface area contributed by atoms with Crippen molar-refractivity contribution in [1.82, 2.24) is 16.0 Å². The summed E-state index contributed by atoms with van der Waals surface area (Å²) in [6.07, 6.45) is 5.04. The molecule has 0 bridgehead atoms. The highest BCUT2D eigenvalue weighted by Crippen LogP contribution is 2.17. The topological polar surface area (TPSA) is 77.5 Å². The van der Waals surface area contributed by atoms with Gasteiger partial charge in [0.25, 0.3) is 0 Å². The van der Waals surface area contributed by atoms with Gasteiger partial charge < -0.3 is 21.3 Å². The largest absolute Gasteiger partial charge is 0.354 e. The molecule has 0 atom stereocenters. The molecule has 0 unspecified atom stereocenters. The number of hydrogen-bond donors (Lipinski definition) is 4. The second-order valence-corrected chi connectivity index (χ2v) is 6.50. The fraction of sp³-hybridized carbons (Fsp3) is 0.556. The number of hydrogen-bond acceptors (Lipinski definition) is 2. The van der Waals surface area contributed by atoms with Gasteiger partial charge in [-0.15, -0.1) is 0 Å². The first-order valence-electron chi connectivity index (χ1n) is 8.70. The SMILES string of the molecule is CN=C(NCc1ccc(NC(=O)NC(C)C)cc1)NC1CCCC1. The van der Waals surface area contributed by atoms with Gasteiger partial charge in [0.1, 0.15) is 0 Å². The second-order valence-electron chi connectivity index (χ2n) is 6.50. The molecule has 1 aliphatic rings. The van der Waals surface area contributed by atoms with Gasteiger partial charge in [-0.05, 0) is 44.4 Å². The summed E-state index contributed by atoms with van der Waals surface area (Å²) in [6, 6.07) is 8.29. The lowest BCUT2D eigenvalue weighted by Crippen LogP contribution is -2.41. The van der Waals surface area contributed by atoms with Gasteiger partial charge >= 0.3 is 6.03 Å². The van der Waals surface area contributed by atoms with Crippen molar-refractivity contribution in [3.05, 3.63) is 29.8 Å². The standard InChI is InChI=1S/C18H29N5O/c1-13(2)21-18(24)23-16-10-8-14(9-11-16)12-20-17(19-3)22-15-6-4-5-7-15/h8-11,13,15H,4-7,12H2,1-3H3,(H2,19,20,22)(H2,21,23,24). The number of carbonyl (C=O) groups excluding carboxylic acids is 1. The number of guanidine groups is 1. The smallest absolute Gasteiger partial charge is 0.319 e. The molecule has 1 aromatic rings. The summed E-state index contributed by atoms with van der Waals surface area (Å²) in [7, 11) is 1.80. The highest BCUT2D eigenvalue weighted by Gasteiger charge is 2.15. The summed E-state index contributed by atoms with van der Waals surface area (Å²) < 4.78 is 0. The lowest BCUT2D eigenvalue weighted by atomic mass is 10.2. The zero-order valence-corrected chi connectivity index (χ0v) is 14.9. The molecule has 0 spiro atoms. The Balaban J connectivity index is 1.79. The number of nitrogens with zero attached hydrogens (tertiary/aromatic N) is 1. The molecular formula is C18H29N5O. The number of aliphatic imine (C=N–C) groups is 1. The van der Waals surface area contributed by atoms with Gasteiger partial charge in [0.2, 0.25) is 0 Å². The van der Waals surface area contributed by atoms with Gasteiger partial charge in [-0.1, -0.05) is 25.0 Å². The maximum absolute atomic E-state index is 11.7. The Morgan fingerprint density at radius 3 is 2.46 bits per heavy atom. The fourth-order valence-electron chi connectivity index (χ4n) is 2.78. The van der Waals surface area contributed by atoms with Crippen LogP contribution in [0.1, 0.15) is 45.1 Å². The van der Waals surface area contributed by atoms with Crippen LogP contribution in [-0.4, -0.2) is 31.1 Å². The molecule has 132 valence electrons. The van der Waals surface area contributed by atoms with Crippen LogP contribution < -0.4 is 21.3 Å². The third-order valence-corrected chi connectivity index (χ3v) is 4.01. The normalized spacial score (nSPS) is 15.4. The van der Waals surface area contributed by atoms with Crippen LogP contribution in [0.4, 0.5) is 10.5 Å². The predicted octanol–water partition coefficient (Wildman–Crippen LogP) is 2.82. The zero-order valence-electron chi connectivity index (χ0n) is 14.9. The molecule has 0 saturated heterocycles. The highest BCUT2D eigenvalue weighted by atomic mass is 16.2. The van der Waals surface area contributed by atoms with Crippen molar-refractivity contribution in [2.24, 2.45) is 4.99 Å². The van der Waals surface area contributed by atoms with Gasteiger partial charge in [0.05, 0.1) is 0 Å². The Kier molecular flexibility index (Phi) is 6.90. The van der Waals surface area contributed by atoms with Crippen molar-refractivity contribution < 1.29 is 4.79 Å². The van der Waals surface area contributed by atoms with Crippen LogP contribution in [-0.2, 0) is 6.54 Å². The number of anilines is 1. The first-order chi connectivity index (χ1) is 11.6. The van der Waals surface area contributed by atoms with Crippen molar-refractivity contribution in [2.45, 2.75) is 58.2 Å². The average Bonchev–Trinajstić information content (AvgIpc) is 3.05. The third-order valence-electron chi connectivity index (χ3n) is 4.01. The summed E-state index contributed by atoms with van der Waals surface area (Å²) in [5, 5.41) is 12.4. The molecule has 2 rings (SSSR count). The van der Waals surface area contributed by atoms with Crippen molar-refractivity contribution >= 4 is 17.7 Å². The molecular weight excluding hydrogens is 302 g/mol. The molecule has 1 saturated carbocycles. The minimum absolute atomic E-state index is 0.118. The molecule has 0 aromatic heterocycles. The van der Waals surface area contributed by atoms with Crippen LogP contribution in [0.3, 0.4) is 0 Å². The van der Waals surface area contributed by atoms with E-state index in [0.29, 0.717) is 12.6 Å². The Bertz CT molecular complexity index is 547. The zero-order chi connectivity index (χ0) is 17.4. The number of carbonyl (C=O) groups is 1. The lowest BCUT2D eigenvalue weighted by molar-refractivity contribution is 0.250. The molecule has 2 amide bonds. The molecule has 6 nitrogen and oxygen atoms in total. The monoisotopic (exact) mass is 331 g/mol. The van der Waals surface area contributed by atoms with E-state index < -0.39 is 0 Å². The van der Waals surface area contributed by atoms with Gasteiger partial charge in [0.15, 0.2) is 5.96 Å². The van der Waals surface area contributed by atoms with E-state index >= 15 is 0 Å². The Morgan fingerprint density at radius 1 is 1.21 bits per heavy atom. The second kappa shape index (κ2) is 9.15. The van der Waals surface area contributed by atoms with E-state index in [-0.39, 0.29) is 12.1 Å². The average molecular weight is 331 g/mol. The van der Waals surface area contributed by atoms with Gasteiger partial charge in [-0.3, -0.25) is 4.99 Å². The van der Waals surface area contributed by atoms with Crippen molar-refractivity contribution in [3.8, 4) is 0 Å². The molecule has 0 radical (unpaired) electrons. The molecule has 24 heavy (non-hydrogen) atoms. The van der Waals surface area contributed by atoms with Gasteiger partial charge in [-0.2, -0.15) is 0 Å². The number of amides is 2. The number of rotatable bonds is 5. The number of benzene rings is 1. The van der Waals surface area contributed by atoms with Gasteiger partial charge in [0, 0.05) is 31.4 Å². The quantitative estimate of drug-likeness (QED) is 0.495. The maximum atomic E-state index is 11.7. The fourth-order valence-corrected chi connectivity index (χ4v) is 2.78. The number of nitrogens with one attached hydrogen (secondary N) is 4. The van der Waals surface area contributed by atoms with Crippen molar-refractivity contribution in [2.75, 3.05) is 12.4 Å². The van der Waals surface area contributed by atoms with E-state index in [2.05, 4.69) is 26.3 Å². The lowest BCUT2D eigenvalue weighted by Gasteiger charge is -2.17. The predicted molar refractivity (Wildman–Crippen MR) is 99.3 cm³/mol. The molecule has 1 fully saturated rings. The van der Waals surface area contributed by atoms with Gasteiger partial charge in [-0.25, -0.2) is 4.79 Å². The van der Waals surface area contributed by atoms with Crippen LogP contribution in [0.2, 0.25) is 0 Å². The third kappa shape index (κ3) is 6.10. The van der Waals surface area contributed by atoms with Crippen LogP contribution in [0.15, 0.2) is 29.3 Å². The van der Waals surface area contributed by atoms with Crippen LogP contribution in [0.5, 0.6) is 0 Å². The van der Waals surface area contributed by atoms with E-state index in [9.17, 15) is 4.79 Å². The molecule has 6 heteroatoms. The molecule has 1 aromatic carbocycles. The minimum Gasteiger partial charge on any atom is -0.354 e. The summed E-state index contributed by atoms with van der Waals surface area (Å²) in [4.78, 5) is 15.9. The highest BCUT2D eigenvalue weighted by molar-refractivity contribution is 5.89. The molecule has 1 aliphatic carbocycles. The summed E-state index contributed by atoms with van der Waals surface area (Å²) in [5.41, 5.74) is 1.92. The maximum Gasteiger partial charge on any atom is 0.319 e. The molecule has 0 heterocycles. The van der Waals surface area contributed by atoms with E-state index in [1.165, 1.54) is 25.7 Å². The summed E-state index contributed by atoms with van der Waals surface area (Å²) >= 11 is 0. The van der Waals surface area contributed by atoms with E-state index in [0.717, 1.165) is 17.2 Å². The van der Waals surface area contributed by atoms with Crippen LogP contribution in [0.25, 0.3) is 0 Å². The van der Waals surface area contributed by atoms with E-state index in [1.807, 2.05) is 38.1 Å². The number of urea groups is 1. The molecule has 0 aliphatic heterocycles.